The fourth-order valence-corrected chi connectivity index (χ4v) is 4.61. The van der Waals surface area contributed by atoms with E-state index in [2.05, 4.69) is 58.1 Å². The minimum Gasteiger partial charge on any atom is -0.469 e. The van der Waals surface area contributed by atoms with Crippen LogP contribution in [0.3, 0.4) is 0 Å². The van der Waals surface area contributed by atoms with Crippen molar-refractivity contribution in [2.75, 3.05) is 70.9 Å². The van der Waals surface area contributed by atoms with Gasteiger partial charge >= 0.3 is 5.97 Å². The third-order valence-corrected chi connectivity index (χ3v) is 6.55. The molecule has 0 unspecified atom stereocenters. The van der Waals surface area contributed by atoms with Crippen LogP contribution in [0, 0.1) is 12.8 Å². The lowest BCUT2D eigenvalue weighted by molar-refractivity contribution is -0.146. The van der Waals surface area contributed by atoms with Crippen LogP contribution in [0.25, 0.3) is 0 Å². The van der Waals surface area contributed by atoms with Gasteiger partial charge < -0.3 is 19.9 Å². The largest absolute Gasteiger partial charge is 0.469 e. The molecule has 0 atom stereocenters. The number of guanidine groups is 1. The second kappa shape index (κ2) is 12.7. The molecule has 1 aromatic carbocycles. The molecule has 7 heteroatoms. The molecule has 2 saturated heterocycles. The first kappa shape index (κ1) is 24.4. The lowest BCUT2D eigenvalue weighted by Crippen LogP contribution is -2.47. The van der Waals surface area contributed by atoms with Crippen molar-refractivity contribution in [3.05, 3.63) is 29.8 Å². The number of nitrogens with one attached hydrogen (secondary N) is 1. The van der Waals surface area contributed by atoms with E-state index in [-0.39, 0.29) is 11.9 Å². The monoisotopic (exact) mass is 443 g/mol. The van der Waals surface area contributed by atoms with Crippen molar-refractivity contribution in [2.45, 2.75) is 39.5 Å². The number of hydrogen-bond donors (Lipinski definition) is 1. The summed E-state index contributed by atoms with van der Waals surface area (Å²) in [7, 11) is 1.48. The summed E-state index contributed by atoms with van der Waals surface area (Å²) in [4.78, 5) is 24.0. The molecule has 0 aromatic heterocycles. The Kier molecular flexibility index (Phi) is 9.65. The number of methoxy groups -OCH3 is 1. The standard InChI is InChI=1S/C25H41N5O2/c1-4-26-25(30-14-10-22(11-15-30)24(31)32-3)27-12-5-6-13-28-16-18-29(19-17-28)23-9-7-8-21(2)20-23/h7-9,20,22H,4-6,10-19H2,1-3H3,(H,26,27). The summed E-state index contributed by atoms with van der Waals surface area (Å²) in [6.45, 7) is 13.3. The van der Waals surface area contributed by atoms with E-state index in [0.717, 1.165) is 84.1 Å². The van der Waals surface area contributed by atoms with Crippen molar-refractivity contribution in [3.8, 4) is 0 Å². The molecule has 1 N–H and O–H groups in total. The summed E-state index contributed by atoms with van der Waals surface area (Å²) in [5.74, 6) is 0.944. The van der Waals surface area contributed by atoms with Crippen LogP contribution in [0.5, 0.6) is 0 Å². The Hall–Kier alpha value is -2.28. The van der Waals surface area contributed by atoms with Crippen LogP contribution >= 0.6 is 0 Å². The number of nitrogens with zero attached hydrogens (tertiary/aromatic N) is 4. The number of likely N-dealkylation sites (tertiary alicyclic amines) is 1. The highest BCUT2D eigenvalue weighted by atomic mass is 16.5. The maximum atomic E-state index is 11.8. The quantitative estimate of drug-likeness (QED) is 0.289. The molecule has 0 aliphatic carbocycles. The molecule has 2 aliphatic rings. The smallest absolute Gasteiger partial charge is 0.308 e. The van der Waals surface area contributed by atoms with Gasteiger partial charge in [-0.05, 0) is 63.8 Å². The van der Waals surface area contributed by atoms with Gasteiger partial charge in [0.05, 0.1) is 13.0 Å². The summed E-state index contributed by atoms with van der Waals surface area (Å²) in [6.07, 6.45) is 3.96. The molecule has 2 fully saturated rings. The van der Waals surface area contributed by atoms with Gasteiger partial charge in [0.2, 0.25) is 0 Å². The summed E-state index contributed by atoms with van der Waals surface area (Å²) in [5, 5.41) is 3.42. The number of carbonyl (C=O) groups is 1. The molecule has 178 valence electrons. The summed E-state index contributed by atoms with van der Waals surface area (Å²) in [5.41, 5.74) is 2.68. The van der Waals surface area contributed by atoms with Gasteiger partial charge in [-0.25, -0.2) is 0 Å². The number of benzene rings is 1. The van der Waals surface area contributed by atoms with Gasteiger partial charge in [-0.1, -0.05) is 12.1 Å². The highest BCUT2D eigenvalue weighted by Gasteiger charge is 2.27. The first-order valence-corrected chi connectivity index (χ1v) is 12.3. The minimum absolute atomic E-state index is 0.0329. The Labute approximate surface area is 193 Å². The number of piperidine rings is 1. The maximum absolute atomic E-state index is 11.8. The number of esters is 1. The molecule has 0 radical (unpaired) electrons. The Balaban J connectivity index is 1.35. The van der Waals surface area contributed by atoms with Crippen molar-refractivity contribution >= 4 is 17.6 Å². The van der Waals surface area contributed by atoms with E-state index < -0.39 is 0 Å². The van der Waals surface area contributed by atoms with Gasteiger partial charge in [-0.3, -0.25) is 14.7 Å². The van der Waals surface area contributed by atoms with Crippen molar-refractivity contribution in [2.24, 2.45) is 10.9 Å². The predicted molar refractivity (Wildman–Crippen MR) is 131 cm³/mol. The van der Waals surface area contributed by atoms with Gasteiger partial charge in [0.15, 0.2) is 5.96 Å². The fraction of sp³-hybridized carbons (Fsp3) is 0.680. The summed E-state index contributed by atoms with van der Waals surface area (Å²) >= 11 is 0. The van der Waals surface area contributed by atoms with Crippen LogP contribution in [0.4, 0.5) is 5.69 Å². The Morgan fingerprint density at radius 3 is 2.53 bits per heavy atom. The average Bonchev–Trinajstić information content (AvgIpc) is 2.83. The van der Waals surface area contributed by atoms with Crippen molar-refractivity contribution in [3.63, 3.8) is 0 Å². The molecule has 1 aromatic rings. The van der Waals surface area contributed by atoms with Crippen molar-refractivity contribution in [1.82, 2.24) is 15.1 Å². The van der Waals surface area contributed by atoms with E-state index in [0.29, 0.717) is 0 Å². The van der Waals surface area contributed by atoms with Gasteiger partial charge in [0.25, 0.3) is 0 Å². The van der Waals surface area contributed by atoms with Gasteiger partial charge in [0, 0.05) is 58.0 Å². The van der Waals surface area contributed by atoms with Gasteiger partial charge in [-0.15, -0.1) is 0 Å². The lowest BCUT2D eigenvalue weighted by Gasteiger charge is -2.36. The summed E-state index contributed by atoms with van der Waals surface area (Å²) in [6, 6.07) is 8.82. The van der Waals surface area contributed by atoms with E-state index >= 15 is 0 Å². The highest BCUT2D eigenvalue weighted by molar-refractivity contribution is 5.80. The predicted octanol–water partition coefficient (Wildman–Crippen LogP) is 2.75. The number of unbranched alkanes of at least 4 members (excludes halogenated alkanes) is 1. The minimum atomic E-state index is -0.0775. The van der Waals surface area contributed by atoms with Gasteiger partial charge in [-0.2, -0.15) is 0 Å². The topological polar surface area (TPSA) is 60.4 Å². The zero-order valence-electron chi connectivity index (χ0n) is 20.2. The van der Waals surface area contributed by atoms with E-state index in [1.165, 1.54) is 24.8 Å². The second-order valence-corrected chi connectivity index (χ2v) is 8.89. The van der Waals surface area contributed by atoms with E-state index in [1.54, 1.807) is 0 Å². The molecule has 0 saturated carbocycles. The number of carbonyl (C=O) groups excluding carboxylic acids is 1. The number of aliphatic imine (C=N–C) groups is 1. The number of ether oxygens (including phenoxy) is 1. The lowest BCUT2D eigenvalue weighted by atomic mass is 9.97. The van der Waals surface area contributed by atoms with Crippen LogP contribution in [-0.2, 0) is 9.53 Å². The van der Waals surface area contributed by atoms with E-state index in [1.807, 2.05) is 0 Å². The number of hydrogen-bond acceptors (Lipinski definition) is 5. The van der Waals surface area contributed by atoms with E-state index in [4.69, 9.17) is 9.73 Å². The molecule has 2 aliphatic heterocycles. The Morgan fingerprint density at radius 2 is 1.88 bits per heavy atom. The van der Waals surface area contributed by atoms with Crippen LogP contribution in [0.2, 0.25) is 0 Å². The molecular formula is C25H41N5O2. The molecule has 0 spiro atoms. The fourth-order valence-electron chi connectivity index (χ4n) is 4.61. The van der Waals surface area contributed by atoms with Crippen LogP contribution in [0.15, 0.2) is 29.3 Å². The molecule has 32 heavy (non-hydrogen) atoms. The normalized spacial score (nSPS) is 18.7. The molecule has 2 heterocycles. The first-order chi connectivity index (χ1) is 15.6. The van der Waals surface area contributed by atoms with Crippen LogP contribution in [-0.4, -0.2) is 87.7 Å². The zero-order valence-corrected chi connectivity index (χ0v) is 20.2. The van der Waals surface area contributed by atoms with E-state index in [9.17, 15) is 4.79 Å². The molecule has 0 amide bonds. The molecular weight excluding hydrogens is 402 g/mol. The highest BCUT2D eigenvalue weighted by Crippen LogP contribution is 2.19. The number of piperazine rings is 1. The van der Waals surface area contributed by atoms with Crippen LogP contribution in [0.1, 0.15) is 38.2 Å². The molecule has 0 bridgehead atoms. The zero-order chi connectivity index (χ0) is 22.8. The average molecular weight is 444 g/mol. The number of anilines is 1. The van der Waals surface area contributed by atoms with Crippen molar-refractivity contribution < 1.29 is 9.53 Å². The second-order valence-electron chi connectivity index (χ2n) is 8.89. The van der Waals surface area contributed by atoms with Crippen LogP contribution < -0.4 is 10.2 Å². The number of rotatable bonds is 8. The third-order valence-electron chi connectivity index (χ3n) is 6.55. The number of aryl methyl sites for hydroxylation is 1. The Bertz CT molecular complexity index is 738. The molecule has 7 nitrogen and oxygen atoms in total. The molecule has 3 rings (SSSR count). The van der Waals surface area contributed by atoms with Crippen molar-refractivity contribution in [1.29, 1.82) is 0 Å². The summed E-state index contributed by atoms with van der Waals surface area (Å²) < 4.78 is 4.90. The Morgan fingerprint density at radius 1 is 1.12 bits per heavy atom. The SMILES string of the molecule is CCNC(=NCCCCN1CCN(c2cccc(C)c2)CC1)N1CCC(C(=O)OC)CC1. The first-order valence-electron chi connectivity index (χ1n) is 12.3. The maximum Gasteiger partial charge on any atom is 0.308 e. The third kappa shape index (κ3) is 7.12. The van der Waals surface area contributed by atoms with Gasteiger partial charge in [0.1, 0.15) is 0 Å².